The maximum atomic E-state index is 4.38. The number of nitrogens with zero attached hydrogens (tertiary/aromatic N) is 3. The van der Waals surface area contributed by atoms with Gasteiger partial charge in [0.15, 0.2) is 0 Å². The van der Waals surface area contributed by atoms with Gasteiger partial charge in [-0.25, -0.2) is 9.97 Å². The van der Waals surface area contributed by atoms with Gasteiger partial charge in [0, 0.05) is 25.7 Å². The van der Waals surface area contributed by atoms with E-state index < -0.39 is 0 Å². The van der Waals surface area contributed by atoms with Gasteiger partial charge in [0.2, 0.25) is 0 Å². The van der Waals surface area contributed by atoms with Crippen molar-refractivity contribution >= 4 is 11.6 Å². The van der Waals surface area contributed by atoms with Crippen LogP contribution in [-0.4, -0.2) is 23.1 Å². The molecule has 0 unspecified atom stereocenters. The van der Waals surface area contributed by atoms with Gasteiger partial charge in [0.1, 0.15) is 18.0 Å². The highest BCUT2D eigenvalue weighted by Crippen LogP contribution is 2.19. The Hall–Kier alpha value is -2.10. The Balaban J connectivity index is 2.24. The number of aromatic nitrogens is 2. The summed E-state index contributed by atoms with van der Waals surface area (Å²) in [5, 5.41) is 3.05. The molecule has 0 spiro atoms. The molecule has 1 aromatic carbocycles. The second-order valence-corrected chi connectivity index (χ2v) is 4.72. The standard InChI is InChI=1S/C15H20N4/c1-12(2)19(10-13-7-5-4-6-8-13)15-9-14(16-3)17-11-18-15/h4-9,11-12H,10H2,1-3H3,(H,16,17,18). The lowest BCUT2D eigenvalue weighted by atomic mass is 10.2. The molecule has 4 nitrogen and oxygen atoms in total. The lowest BCUT2D eigenvalue weighted by Gasteiger charge is -2.28. The van der Waals surface area contributed by atoms with Crippen LogP contribution in [0.15, 0.2) is 42.7 Å². The van der Waals surface area contributed by atoms with E-state index in [4.69, 9.17) is 0 Å². The molecule has 2 aromatic rings. The molecule has 100 valence electrons. The molecule has 0 bridgehead atoms. The van der Waals surface area contributed by atoms with E-state index in [1.165, 1.54) is 5.56 Å². The Morgan fingerprint density at radius 1 is 1.16 bits per heavy atom. The summed E-state index contributed by atoms with van der Waals surface area (Å²) in [7, 11) is 1.86. The molecule has 0 aliphatic rings. The maximum absolute atomic E-state index is 4.38. The summed E-state index contributed by atoms with van der Waals surface area (Å²) < 4.78 is 0. The summed E-state index contributed by atoms with van der Waals surface area (Å²) in [6.07, 6.45) is 1.60. The van der Waals surface area contributed by atoms with Crippen molar-refractivity contribution in [3.8, 4) is 0 Å². The molecule has 0 radical (unpaired) electrons. The third kappa shape index (κ3) is 3.44. The Morgan fingerprint density at radius 2 is 1.89 bits per heavy atom. The number of benzene rings is 1. The highest BCUT2D eigenvalue weighted by molar-refractivity contribution is 5.49. The topological polar surface area (TPSA) is 41.0 Å². The van der Waals surface area contributed by atoms with E-state index in [0.717, 1.165) is 18.2 Å². The number of nitrogens with one attached hydrogen (secondary N) is 1. The molecule has 0 saturated carbocycles. The van der Waals surface area contributed by atoms with Crippen molar-refractivity contribution in [3.05, 3.63) is 48.3 Å². The third-order valence-electron chi connectivity index (χ3n) is 3.02. The highest BCUT2D eigenvalue weighted by Gasteiger charge is 2.13. The van der Waals surface area contributed by atoms with E-state index in [1.54, 1.807) is 6.33 Å². The lowest BCUT2D eigenvalue weighted by Crippen LogP contribution is -2.31. The molecular formula is C15H20N4. The predicted octanol–water partition coefficient (Wildman–Crippen LogP) is 2.93. The van der Waals surface area contributed by atoms with E-state index >= 15 is 0 Å². The van der Waals surface area contributed by atoms with Crippen LogP contribution in [0.5, 0.6) is 0 Å². The summed E-state index contributed by atoms with van der Waals surface area (Å²) in [5.41, 5.74) is 1.28. The van der Waals surface area contributed by atoms with Gasteiger partial charge in [-0.05, 0) is 19.4 Å². The Morgan fingerprint density at radius 3 is 2.53 bits per heavy atom. The maximum Gasteiger partial charge on any atom is 0.134 e. The van der Waals surface area contributed by atoms with Gasteiger partial charge < -0.3 is 10.2 Å². The van der Waals surface area contributed by atoms with Gasteiger partial charge in [-0.2, -0.15) is 0 Å². The van der Waals surface area contributed by atoms with Crippen LogP contribution >= 0.6 is 0 Å². The normalized spacial score (nSPS) is 10.5. The summed E-state index contributed by atoms with van der Waals surface area (Å²) in [4.78, 5) is 10.8. The molecule has 0 aliphatic carbocycles. The van der Waals surface area contributed by atoms with Crippen molar-refractivity contribution in [3.63, 3.8) is 0 Å². The second-order valence-electron chi connectivity index (χ2n) is 4.72. The predicted molar refractivity (Wildman–Crippen MR) is 79.3 cm³/mol. The van der Waals surface area contributed by atoms with Crippen LogP contribution in [0.2, 0.25) is 0 Å². The van der Waals surface area contributed by atoms with E-state index in [0.29, 0.717) is 6.04 Å². The fraction of sp³-hybridized carbons (Fsp3) is 0.333. The first-order valence-corrected chi connectivity index (χ1v) is 6.51. The van der Waals surface area contributed by atoms with Gasteiger partial charge in [-0.3, -0.25) is 0 Å². The van der Waals surface area contributed by atoms with Crippen molar-refractivity contribution in [1.82, 2.24) is 9.97 Å². The molecule has 0 aliphatic heterocycles. The van der Waals surface area contributed by atoms with Crippen LogP contribution in [0.4, 0.5) is 11.6 Å². The van der Waals surface area contributed by atoms with Crippen molar-refractivity contribution in [2.75, 3.05) is 17.3 Å². The minimum atomic E-state index is 0.375. The smallest absolute Gasteiger partial charge is 0.134 e. The van der Waals surface area contributed by atoms with Crippen LogP contribution in [0.3, 0.4) is 0 Å². The molecule has 1 heterocycles. The Kier molecular flexibility index (Phi) is 4.34. The van der Waals surface area contributed by atoms with Crippen LogP contribution in [-0.2, 0) is 6.54 Å². The summed E-state index contributed by atoms with van der Waals surface area (Å²) >= 11 is 0. The molecular weight excluding hydrogens is 236 g/mol. The molecule has 0 atom stereocenters. The van der Waals surface area contributed by atoms with Crippen LogP contribution < -0.4 is 10.2 Å². The molecule has 19 heavy (non-hydrogen) atoms. The van der Waals surface area contributed by atoms with Crippen LogP contribution in [0.1, 0.15) is 19.4 Å². The second kappa shape index (κ2) is 6.18. The van der Waals surface area contributed by atoms with Gasteiger partial charge in [0.05, 0.1) is 0 Å². The SMILES string of the molecule is CNc1cc(N(Cc2ccccc2)C(C)C)ncn1. The lowest BCUT2D eigenvalue weighted by molar-refractivity contribution is 0.671. The summed E-state index contributed by atoms with van der Waals surface area (Å²) in [6, 6.07) is 12.8. The van der Waals surface area contributed by atoms with E-state index in [9.17, 15) is 0 Å². The van der Waals surface area contributed by atoms with E-state index in [2.05, 4.69) is 58.3 Å². The molecule has 0 amide bonds. The van der Waals surface area contributed by atoms with Gasteiger partial charge >= 0.3 is 0 Å². The monoisotopic (exact) mass is 256 g/mol. The molecule has 1 aromatic heterocycles. The zero-order valence-corrected chi connectivity index (χ0v) is 11.7. The summed E-state index contributed by atoms with van der Waals surface area (Å²) in [6.45, 7) is 5.19. The molecule has 4 heteroatoms. The van der Waals surface area contributed by atoms with Gasteiger partial charge in [-0.1, -0.05) is 30.3 Å². The van der Waals surface area contributed by atoms with Crippen molar-refractivity contribution in [2.45, 2.75) is 26.4 Å². The van der Waals surface area contributed by atoms with Gasteiger partial charge in [-0.15, -0.1) is 0 Å². The quantitative estimate of drug-likeness (QED) is 0.893. The fourth-order valence-electron chi connectivity index (χ4n) is 1.95. The van der Waals surface area contributed by atoms with Crippen LogP contribution in [0, 0.1) is 0 Å². The first-order valence-electron chi connectivity index (χ1n) is 6.51. The number of hydrogen-bond acceptors (Lipinski definition) is 4. The molecule has 2 rings (SSSR count). The average molecular weight is 256 g/mol. The Bertz CT molecular complexity index is 511. The Labute approximate surface area is 114 Å². The number of rotatable bonds is 5. The number of hydrogen-bond donors (Lipinski definition) is 1. The van der Waals surface area contributed by atoms with Gasteiger partial charge in [0.25, 0.3) is 0 Å². The third-order valence-corrected chi connectivity index (χ3v) is 3.02. The van der Waals surface area contributed by atoms with Crippen molar-refractivity contribution in [2.24, 2.45) is 0 Å². The van der Waals surface area contributed by atoms with E-state index in [1.807, 2.05) is 19.2 Å². The minimum absolute atomic E-state index is 0.375. The molecule has 1 N–H and O–H groups in total. The molecule has 0 saturated heterocycles. The first kappa shape index (κ1) is 13.3. The minimum Gasteiger partial charge on any atom is -0.373 e. The highest BCUT2D eigenvalue weighted by atomic mass is 15.2. The van der Waals surface area contributed by atoms with Crippen LogP contribution in [0.25, 0.3) is 0 Å². The fourth-order valence-corrected chi connectivity index (χ4v) is 1.95. The summed E-state index contributed by atoms with van der Waals surface area (Å²) in [5.74, 6) is 1.78. The zero-order chi connectivity index (χ0) is 13.7. The largest absolute Gasteiger partial charge is 0.373 e. The zero-order valence-electron chi connectivity index (χ0n) is 11.7. The van der Waals surface area contributed by atoms with Crippen molar-refractivity contribution < 1.29 is 0 Å². The first-order chi connectivity index (χ1) is 9.20. The molecule has 0 fully saturated rings. The van der Waals surface area contributed by atoms with E-state index in [-0.39, 0.29) is 0 Å². The number of anilines is 2. The average Bonchev–Trinajstić information content (AvgIpc) is 2.45. The van der Waals surface area contributed by atoms with Crippen molar-refractivity contribution in [1.29, 1.82) is 0 Å².